The molecule has 0 saturated heterocycles. The predicted molar refractivity (Wildman–Crippen MR) is 69.4 cm³/mol. The fourth-order valence-corrected chi connectivity index (χ4v) is 1.91. The molecule has 0 unspecified atom stereocenters. The van der Waals surface area contributed by atoms with E-state index in [2.05, 4.69) is 36.5 Å². The summed E-state index contributed by atoms with van der Waals surface area (Å²) in [6.07, 6.45) is 3.21. The van der Waals surface area contributed by atoms with Crippen LogP contribution in [0.2, 0.25) is 0 Å². The number of rotatable bonds is 3. The molecular formula is C15H18FN. The first-order valence-electron chi connectivity index (χ1n) is 6.06. The molecule has 1 nitrogen and oxygen atoms in total. The summed E-state index contributed by atoms with van der Waals surface area (Å²) in [5.41, 5.74) is 4.19. The fraction of sp³-hybridized carbons (Fsp3) is 0.333. The Morgan fingerprint density at radius 3 is 2.53 bits per heavy atom. The molecule has 2 heteroatoms. The maximum atomic E-state index is 13.8. The molecule has 0 aromatic heterocycles. The predicted octanol–water partition coefficient (Wildman–Crippen LogP) is 3.66. The van der Waals surface area contributed by atoms with Crippen molar-refractivity contribution in [2.24, 2.45) is 0 Å². The van der Waals surface area contributed by atoms with Gasteiger partial charge in [-0.25, -0.2) is 4.39 Å². The van der Waals surface area contributed by atoms with Gasteiger partial charge >= 0.3 is 0 Å². The van der Waals surface area contributed by atoms with Gasteiger partial charge < -0.3 is 5.32 Å². The van der Waals surface area contributed by atoms with Crippen molar-refractivity contribution in [3.05, 3.63) is 58.6 Å². The molecule has 1 aromatic rings. The van der Waals surface area contributed by atoms with E-state index in [4.69, 9.17) is 0 Å². The average molecular weight is 231 g/mol. The Bertz CT molecular complexity index is 454. The van der Waals surface area contributed by atoms with Crippen molar-refractivity contribution in [2.75, 3.05) is 6.54 Å². The van der Waals surface area contributed by atoms with Crippen LogP contribution in [0.15, 0.2) is 47.4 Å². The van der Waals surface area contributed by atoms with E-state index in [9.17, 15) is 4.39 Å². The van der Waals surface area contributed by atoms with E-state index in [-0.39, 0.29) is 5.83 Å². The molecule has 1 N–H and O–H groups in total. The quantitative estimate of drug-likeness (QED) is 0.837. The number of dihydropyridines is 1. The van der Waals surface area contributed by atoms with Crippen LogP contribution in [0.1, 0.15) is 24.5 Å². The van der Waals surface area contributed by atoms with E-state index >= 15 is 0 Å². The Labute approximate surface area is 102 Å². The standard InChI is InChI=1S/C15H18FN/c1-3-12-8-14(16)15(17-10-12)9-13-6-4-11(2)5-7-13/h4-8,17H,3,9-10H2,1-2H3. The SMILES string of the molecule is CCC1=CC(F)=C(Cc2ccc(C)cc2)NC1. The third-order valence-electron chi connectivity index (χ3n) is 3.10. The molecule has 2 rings (SSSR count). The summed E-state index contributed by atoms with van der Waals surface area (Å²) in [5, 5.41) is 3.17. The van der Waals surface area contributed by atoms with Gasteiger partial charge in [0, 0.05) is 13.0 Å². The molecular weight excluding hydrogens is 213 g/mol. The number of hydrogen-bond acceptors (Lipinski definition) is 1. The number of allylic oxidation sites excluding steroid dienone is 3. The molecule has 0 atom stereocenters. The largest absolute Gasteiger partial charge is 0.382 e. The minimum Gasteiger partial charge on any atom is -0.382 e. The highest BCUT2D eigenvalue weighted by Crippen LogP contribution is 2.19. The minimum atomic E-state index is -0.117. The Morgan fingerprint density at radius 1 is 1.24 bits per heavy atom. The lowest BCUT2D eigenvalue weighted by Gasteiger charge is -2.18. The van der Waals surface area contributed by atoms with Crippen molar-refractivity contribution in [2.45, 2.75) is 26.7 Å². The van der Waals surface area contributed by atoms with Gasteiger partial charge in [0.1, 0.15) is 5.83 Å². The second-order valence-electron chi connectivity index (χ2n) is 4.50. The molecule has 1 aliphatic heterocycles. The van der Waals surface area contributed by atoms with Crippen molar-refractivity contribution in [3.8, 4) is 0 Å². The second kappa shape index (κ2) is 5.17. The van der Waals surface area contributed by atoms with Crippen LogP contribution < -0.4 is 5.32 Å². The van der Waals surface area contributed by atoms with Crippen LogP contribution in [0.5, 0.6) is 0 Å². The van der Waals surface area contributed by atoms with Crippen molar-refractivity contribution in [3.63, 3.8) is 0 Å². The molecule has 0 aliphatic carbocycles. The number of nitrogens with one attached hydrogen (secondary N) is 1. The number of halogens is 1. The summed E-state index contributed by atoms with van der Waals surface area (Å²) in [7, 11) is 0. The van der Waals surface area contributed by atoms with Crippen LogP contribution >= 0.6 is 0 Å². The summed E-state index contributed by atoms with van der Waals surface area (Å²) in [4.78, 5) is 0. The minimum absolute atomic E-state index is 0.117. The highest BCUT2D eigenvalue weighted by Gasteiger charge is 2.12. The number of benzene rings is 1. The molecule has 1 aliphatic rings. The van der Waals surface area contributed by atoms with E-state index < -0.39 is 0 Å². The van der Waals surface area contributed by atoms with Gasteiger partial charge in [0.15, 0.2) is 0 Å². The molecule has 1 aromatic carbocycles. The smallest absolute Gasteiger partial charge is 0.142 e. The Morgan fingerprint density at radius 2 is 1.94 bits per heavy atom. The van der Waals surface area contributed by atoms with Crippen LogP contribution in [0.3, 0.4) is 0 Å². The van der Waals surface area contributed by atoms with E-state index in [0.717, 1.165) is 24.1 Å². The summed E-state index contributed by atoms with van der Waals surface area (Å²) >= 11 is 0. The monoisotopic (exact) mass is 231 g/mol. The van der Waals surface area contributed by atoms with Crippen LogP contribution in [-0.4, -0.2) is 6.54 Å². The molecule has 90 valence electrons. The Hall–Kier alpha value is -1.57. The normalized spacial score (nSPS) is 15.6. The second-order valence-corrected chi connectivity index (χ2v) is 4.50. The van der Waals surface area contributed by atoms with E-state index in [1.165, 1.54) is 5.56 Å². The Balaban J connectivity index is 2.14. The molecule has 0 radical (unpaired) electrons. The Kier molecular flexibility index (Phi) is 3.62. The van der Waals surface area contributed by atoms with Gasteiger partial charge in [0.2, 0.25) is 0 Å². The molecule has 17 heavy (non-hydrogen) atoms. The van der Waals surface area contributed by atoms with Crippen molar-refractivity contribution < 1.29 is 4.39 Å². The lowest BCUT2D eigenvalue weighted by Crippen LogP contribution is -2.22. The van der Waals surface area contributed by atoms with Crippen molar-refractivity contribution in [1.29, 1.82) is 0 Å². The molecule has 1 heterocycles. The molecule has 0 saturated carbocycles. The van der Waals surface area contributed by atoms with Crippen molar-refractivity contribution >= 4 is 0 Å². The van der Waals surface area contributed by atoms with Gasteiger partial charge in [-0.15, -0.1) is 0 Å². The fourth-order valence-electron chi connectivity index (χ4n) is 1.91. The first-order chi connectivity index (χ1) is 8.19. The van der Waals surface area contributed by atoms with E-state index in [1.807, 2.05) is 6.92 Å². The maximum Gasteiger partial charge on any atom is 0.142 e. The average Bonchev–Trinajstić information content (AvgIpc) is 2.34. The van der Waals surface area contributed by atoms with Gasteiger partial charge in [-0.2, -0.15) is 0 Å². The van der Waals surface area contributed by atoms with E-state index in [0.29, 0.717) is 12.1 Å². The van der Waals surface area contributed by atoms with E-state index in [1.54, 1.807) is 6.08 Å². The summed E-state index contributed by atoms with van der Waals surface area (Å²) in [6.45, 7) is 4.87. The highest BCUT2D eigenvalue weighted by molar-refractivity contribution is 5.33. The third-order valence-corrected chi connectivity index (χ3v) is 3.10. The van der Waals surface area contributed by atoms with Crippen LogP contribution in [0, 0.1) is 6.92 Å². The molecule has 0 spiro atoms. The van der Waals surface area contributed by atoms with Gasteiger partial charge in [0.05, 0.1) is 5.70 Å². The number of aryl methyl sites for hydroxylation is 1. The maximum absolute atomic E-state index is 13.8. The molecule has 0 bridgehead atoms. The van der Waals surface area contributed by atoms with Gasteiger partial charge in [-0.05, 0) is 30.6 Å². The van der Waals surface area contributed by atoms with Crippen LogP contribution in [0.25, 0.3) is 0 Å². The van der Waals surface area contributed by atoms with Gasteiger partial charge in [-0.1, -0.05) is 36.8 Å². The third kappa shape index (κ3) is 2.96. The first-order valence-corrected chi connectivity index (χ1v) is 6.06. The topological polar surface area (TPSA) is 12.0 Å². The van der Waals surface area contributed by atoms with Crippen molar-refractivity contribution in [1.82, 2.24) is 5.32 Å². The molecule has 0 amide bonds. The van der Waals surface area contributed by atoms with Gasteiger partial charge in [-0.3, -0.25) is 0 Å². The zero-order valence-electron chi connectivity index (χ0n) is 10.4. The van der Waals surface area contributed by atoms with Gasteiger partial charge in [0.25, 0.3) is 0 Å². The first kappa shape index (κ1) is 11.9. The summed E-state index contributed by atoms with van der Waals surface area (Å²) in [5.74, 6) is -0.117. The van der Waals surface area contributed by atoms with Crippen LogP contribution in [0.4, 0.5) is 4.39 Å². The number of hydrogen-bond donors (Lipinski definition) is 1. The zero-order valence-corrected chi connectivity index (χ0v) is 10.4. The van der Waals surface area contributed by atoms with Crippen LogP contribution in [-0.2, 0) is 6.42 Å². The summed E-state index contributed by atoms with van der Waals surface area (Å²) in [6, 6.07) is 8.22. The zero-order chi connectivity index (χ0) is 12.3. The lowest BCUT2D eigenvalue weighted by atomic mass is 10.0. The summed E-state index contributed by atoms with van der Waals surface area (Å²) < 4.78 is 13.8. The highest BCUT2D eigenvalue weighted by atomic mass is 19.1. The molecule has 0 fully saturated rings. The lowest BCUT2D eigenvalue weighted by molar-refractivity contribution is 0.608.